The van der Waals surface area contributed by atoms with E-state index in [9.17, 15) is 0 Å². The van der Waals surface area contributed by atoms with Gasteiger partial charge in [-0.25, -0.2) is 9.59 Å². The molecule has 6 nitrogen and oxygen atoms in total. The van der Waals surface area contributed by atoms with Gasteiger partial charge in [0.1, 0.15) is 0 Å². The maximum Gasteiger partial charge on any atom is 0.414 e. The molecule has 21 heavy (non-hydrogen) atoms. The first-order chi connectivity index (χ1) is 9.99. The van der Waals surface area contributed by atoms with Crippen LogP contribution in [0.15, 0.2) is 4.99 Å². The number of hydrogen-bond donors (Lipinski definition) is 2. The van der Waals surface area contributed by atoms with Crippen LogP contribution in [0.25, 0.3) is 0 Å². The lowest BCUT2D eigenvalue weighted by Crippen LogP contribution is -2.26. The molecular weight excluding hydrogens is 272 g/mol. The first kappa shape index (κ1) is 19.4. The molecule has 122 valence electrons. The smallest absolute Gasteiger partial charge is 0.414 e. The number of hydrogen-bond acceptors (Lipinski definition) is 4. The van der Waals surface area contributed by atoms with Crippen LogP contribution in [-0.4, -0.2) is 52.5 Å². The molecule has 0 bridgehead atoms. The quantitative estimate of drug-likeness (QED) is 0.531. The van der Waals surface area contributed by atoms with Gasteiger partial charge >= 0.3 is 11.9 Å². The number of carboxylic acids is 2. The number of rotatable bonds is 8. The van der Waals surface area contributed by atoms with Crippen LogP contribution in [0, 0.1) is 0 Å². The minimum Gasteiger partial charge on any atom is -0.473 e. The standard InChI is InChI=1S/C13H26N2.C2H2O4/c1-3-4-5-6-7-8-9-11-15-12-10-14-13(15)2;3-1(4)2(5)6/h3-12H2,1-2H3;(H,3,4)(H,5,6). The molecule has 0 aromatic carbocycles. The Labute approximate surface area is 126 Å². The van der Waals surface area contributed by atoms with E-state index in [2.05, 4.69) is 23.7 Å². The molecule has 0 spiro atoms. The fraction of sp³-hybridized carbons (Fsp3) is 0.800. The van der Waals surface area contributed by atoms with Gasteiger partial charge in [0.05, 0.1) is 12.4 Å². The summed E-state index contributed by atoms with van der Waals surface area (Å²) in [6, 6.07) is 0. The lowest BCUT2D eigenvalue weighted by Gasteiger charge is -2.17. The van der Waals surface area contributed by atoms with Crippen molar-refractivity contribution in [3.63, 3.8) is 0 Å². The van der Waals surface area contributed by atoms with Crippen molar-refractivity contribution in [2.75, 3.05) is 19.6 Å². The average molecular weight is 300 g/mol. The van der Waals surface area contributed by atoms with Crippen LogP contribution in [0.1, 0.15) is 58.8 Å². The first-order valence-corrected chi connectivity index (χ1v) is 7.71. The minimum atomic E-state index is -1.82. The van der Waals surface area contributed by atoms with Gasteiger partial charge in [-0.15, -0.1) is 0 Å². The van der Waals surface area contributed by atoms with Gasteiger partial charge in [-0.2, -0.15) is 0 Å². The third kappa shape index (κ3) is 10.8. The summed E-state index contributed by atoms with van der Waals surface area (Å²) in [6.45, 7) is 7.80. The molecule has 0 atom stereocenters. The Balaban J connectivity index is 0.000000567. The van der Waals surface area contributed by atoms with Crippen LogP contribution >= 0.6 is 0 Å². The largest absolute Gasteiger partial charge is 0.473 e. The molecular formula is C15H28N2O4. The number of unbranched alkanes of at least 4 members (excludes halogenated alkanes) is 6. The first-order valence-electron chi connectivity index (χ1n) is 7.71. The number of carbonyl (C=O) groups is 2. The zero-order chi connectivity index (χ0) is 16.1. The van der Waals surface area contributed by atoms with Crippen LogP contribution in [0.5, 0.6) is 0 Å². The molecule has 2 N–H and O–H groups in total. The van der Waals surface area contributed by atoms with Crippen molar-refractivity contribution in [2.45, 2.75) is 58.8 Å². The number of aliphatic carboxylic acids is 2. The zero-order valence-electron chi connectivity index (χ0n) is 13.2. The van der Waals surface area contributed by atoms with Crippen molar-refractivity contribution in [1.29, 1.82) is 0 Å². The van der Waals surface area contributed by atoms with Crippen molar-refractivity contribution in [3.8, 4) is 0 Å². The van der Waals surface area contributed by atoms with Crippen LogP contribution in [-0.2, 0) is 9.59 Å². The second-order valence-electron chi connectivity index (χ2n) is 5.15. The highest BCUT2D eigenvalue weighted by atomic mass is 16.4. The van der Waals surface area contributed by atoms with E-state index in [1.54, 1.807) is 0 Å². The summed E-state index contributed by atoms with van der Waals surface area (Å²) in [7, 11) is 0. The van der Waals surface area contributed by atoms with E-state index in [4.69, 9.17) is 19.8 Å². The monoisotopic (exact) mass is 300 g/mol. The van der Waals surface area contributed by atoms with Crippen LogP contribution in [0.3, 0.4) is 0 Å². The number of nitrogens with zero attached hydrogens (tertiary/aromatic N) is 2. The average Bonchev–Trinajstić information content (AvgIpc) is 2.84. The molecule has 0 aliphatic carbocycles. The van der Waals surface area contributed by atoms with E-state index < -0.39 is 11.9 Å². The molecule has 1 aliphatic rings. The third-order valence-electron chi connectivity index (χ3n) is 3.38. The van der Waals surface area contributed by atoms with Gasteiger partial charge in [0.15, 0.2) is 0 Å². The Hall–Kier alpha value is -1.59. The van der Waals surface area contributed by atoms with Gasteiger partial charge < -0.3 is 15.1 Å². The Kier molecular flexibility index (Phi) is 11.3. The maximum atomic E-state index is 9.10. The summed E-state index contributed by atoms with van der Waals surface area (Å²) >= 11 is 0. The highest BCUT2D eigenvalue weighted by Gasteiger charge is 2.10. The topological polar surface area (TPSA) is 90.2 Å². The second kappa shape index (κ2) is 12.2. The number of carboxylic acid groups (broad SMARTS) is 2. The van der Waals surface area contributed by atoms with E-state index in [1.165, 1.54) is 57.3 Å². The van der Waals surface area contributed by atoms with Crippen molar-refractivity contribution in [1.82, 2.24) is 4.90 Å². The molecule has 1 heterocycles. The third-order valence-corrected chi connectivity index (χ3v) is 3.38. The van der Waals surface area contributed by atoms with Crippen molar-refractivity contribution in [2.24, 2.45) is 4.99 Å². The summed E-state index contributed by atoms with van der Waals surface area (Å²) in [5.41, 5.74) is 0. The summed E-state index contributed by atoms with van der Waals surface area (Å²) in [6.07, 6.45) is 9.79. The highest BCUT2D eigenvalue weighted by Crippen LogP contribution is 2.09. The number of aliphatic imine (C=N–C) groups is 1. The Morgan fingerprint density at radius 3 is 2.00 bits per heavy atom. The summed E-state index contributed by atoms with van der Waals surface area (Å²) < 4.78 is 0. The fourth-order valence-corrected chi connectivity index (χ4v) is 2.13. The van der Waals surface area contributed by atoms with E-state index in [0.29, 0.717) is 0 Å². The molecule has 0 unspecified atom stereocenters. The Morgan fingerprint density at radius 2 is 1.57 bits per heavy atom. The molecule has 0 aromatic rings. The molecule has 0 fully saturated rings. The molecule has 0 amide bonds. The molecule has 6 heteroatoms. The molecule has 0 saturated carbocycles. The SMILES string of the molecule is CCCCCCCCCN1CCN=C1C.O=C(O)C(=O)O. The van der Waals surface area contributed by atoms with E-state index in [0.717, 1.165) is 13.1 Å². The van der Waals surface area contributed by atoms with Crippen LogP contribution in [0.4, 0.5) is 0 Å². The zero-order valence-corrected chi connectivity index (χ0v) is 13.2. The lowest BCUT2D eigenvalue weighted by molar-refractivity contribution is -0.159. The van der Waals surface area contributed by atoms with Gasteiger partial charge in [-0.05, 0) is 13.3 Å². The summed E-state index contributed by atoms with van der Waals surface area (Å²) in [5.74, 6) is -2.40. The predicted octanol–water partition coefficient (Wildman–Crippen LogP) is 2.63. The Bertz CT molecular complexity index is 331. The lowest BCUT2D eigenvalue weighted by atomic mass is 10.1. The molecule has 1 aliphatic heterocycles. The Morgan fingerprint density at radius 1 is 1.05 bits per heavy atom. The van der Waals surface area contributed by atoms with Gasteiger partial charge in [0, 0.05) is 13.1 Å². The van der Waals surface area contributed by atoms with Crippen LogP contribution < -0.4 is 0 Å². The second-order valence-corrected chi connectivity index (χ2v) is 5.15. The normalized spacial score (nSPS) is 13.4. The molecule has 0 saturated heterocycles. The van der Waals surface area contributed by atoms with E-state index in [1.807, 2.05) is 0 Å². The predicted molar refractivity (Wildman–Crippen MR) is 82.8 cm³/mol. The molecule has 0 radical (unpaired) electrons. The highest BCUT2D eigenvalue weighted by molar-refractivity contribution is 6.27. The maximum absolute atomic E-state index is 9.10. The van der Waals surface area contributed by atoms with Gasteiger partial charge in [0.2, 0.25) is 0 Å². The van der Waals surface area contributed by atoms with Crippen molar-refractivity contribution >= 4 is 17.8 Å². The van der Waals surface area contributed by atoms with Crippen LogP contribution in [0.2, 0.25) is 0 Å². The fourth-order valence-electron chi connectivity index (χ4n) is 2.13. The van der Waals surface area contributed by atoms with Gasteiger partial charge in [-0.1, -0.05) is 45.4 Å². The molecule has 0 aromatic heterocycles. The van der Waals surface area contributed by atoms with E-state index in [-0.39, 0.29) is 0 Å². The minimum absolute atomic E-state index is 1.02. The van der Waals surface area contributed by atoms with Crippen molar-refractivity contribution < 1.29 is 19.8 Å². The van der Waals surface area contributed by atoms with Gasteiger partial charge in [-0.3, -0.25) is 4.99 Å². The van der Waals surface area contributed by atoms with Crippen molar-refractivity contribution in [3.05, 3.63) is 0 Å². The van der Waals surface area contributed by atoms with E-state index >= 15 is 0 Å². The van der Waals surface area contributed by atoms with Gasteiger partial charge in [0.25, 0.3) is 0 Å². The number of amidine groups is 1. The summed E-state index contributed by atoms with van der Waals surface area (Å²) in [4.78, 5) is 25.0. The molecule has 1 rings (SSSR count). The summed E-state index contributed by atoms with van der Waals surface area (Å²) in [5, 5.41) is 14.8.